The zero-order chi connectivity index (χ0) is 37.8. The quantitative estimate of drug-likeness (QED) is 0.113. The Morgan fingerprint density at radius 2 is 1.25 bits per heavy atom. The highest BCUT2D eigenvalue weighted by Gasteiger charge is 2.53. The van der Waals surface area contributed by atoms with E-state index in [0.29, 0.717) is 0 Å². The van der Waals surface area contributed by atoms with E-state index in [4.69, 9.17) is 32.8 Å². The fourth-order valence-corrected chi connectivity index (χ4v) is 6.32. The van der Waals surface area contributed by atoms with Crippen molar-refractivity contribution in [2.24, 2.45) is 0 Å². The Bertz CT molecular complexity index is 1760. The zero-order valence-electron chi connectivity index (χ0n) is 27.5. The SMILES string of the molecule is C[C@@H]1O[C@H](O[C@@H]2[C@H](O)[C@@H](O[C@H]3[C@H](O)[C@H](O)[C@@H](Oc4c(-c5ccc(O)cc5)oc5cc(O)cc(O)c5c4=O)O[C@H]3CO)O[C@@H](C)[C@H]2O)[C@@H](O)[C@@H](O)[C@H]1O. The van der Waals surface area contributed by atoms with Crippen LogP contribution >= 0.6 is 0 Å². The minimum absolute atomic E-state index is 0.127. The predicted octanol–water partition coefficient (Wildman–Crippen LogP) is -2.54. The summed E-state index contributed by atoms with van der Waals surface area (Å²) in [6.45, 7) is 1.91. The van der Waals surface area contributed by atoms with Gasteiger partial charge in [0.15, 0.2) is 18.3 Å². The van der Waals surface area contributed by atoms with Crippen LogP contribution < -0.4 is 10.2 Å². The van der Waals surface area contributed by atoms with Crippen molar-refractivity contribution < 1.29 is 89.0 Å². The van der Waals surface area contributed by atoms with E-state index in [1.165, 1.54) is 38.1 Å². The van der Waals surface area contributed by atoms with Crippen LogP contribution in [0.2, 0.25) is 0 Å². The molecule has 11 N–H and O–H groups in total. The minimum atomic E-state index is -2.03. The Morgan fingerprint density at radius 1 is 0.654 bits per heavy atom. The summed E-state index contributed by atoms with van der Waals surface area (Å²) in [7, 11) is 0. The Labute approximate surface area is 293 Å². The lowest BCUT2D eigenvalue weighted by Crippen LogP contribution is -2.66. The van der Waals surface area contributed by atoms with E-state index in [9.17, 15) is 61.0 Å². The molecule has 3 aliphatic heterocycles. The third kappa shape index (κ3) is 7.03. The van der Waals surface area contributed by atoms with Gasteiger partial charge in [0, 0.05) is 17.7 Å². The summed E-state index contributed by atoms with van der Waals surface area (Å²) in [6.07, 6.45) is -24.5. The Hall–Kier alpha value is -3.67. The van der Waals surface area contributed by atoms with E-state index in [-0.39, 0.29) is 22.7 Å². The molecule has 3 fully saturated rings. The van der Waals surface area contributed by atoms with Crippen LogP contribution in [0.15, 0.2) is 45.6 Å². The summed E-state index contributed by atoms with van der Waals surface area (Å²) in [4.78, 5) is 13.7. The highest BCUT2D eigenvalue weighted by molar-refractivity contribution is 5.88. The molecule has 0 radical (unpaired) electrons. The van der Waals surface area contributed by atoms with Gasteiger partial charge in [0.25, 0.3) is 0 Å². The van der Waals surface area contributed by atoms with Crippen molar-refractivity contribution in [3.8, 4) is 34.3 Å². The van der Waals surface area contributed by atoms with Crippen molar-refractivity contribution in [3.05, 3.63) is 46.6 Å². The number of hydrogen-bond donors (Lipinski definition) is 11. The first-order valence-electron chi connectivity index (χ1n) is 16.2. The fourth-order valence-electron chi connectivity index (χ4n) is 6.32. The van der Waals surface area contributed by atoms with Gasteiger partial charge in [-0.05, 0) is 38.1 Å². The smallest absolute Gasteiger partial charge is 0.239 e. The summed E-state index contributed by atoms with van der Waals surface area (Å²) in [5.74, 6) is -2.13. The third-order valence-corrected chi connectivity index (χ3v) is 9.27. The van der Waals surface area contributed by atoms with E-state index < -0.39 is 127 Å². The molecule has 0 bridgehead atoms. The van der Waals surface area contributed by atoms with Crippen molar-refractivity contribution in [1.82, 2.24) is 0 Å². The highest BCUT2D eigenvalue weighted by atomic mass is 16.8. The number of phenolic OH excluding ortho intramolecular Hbond substituents is 3. The maximum atomic E-state index is 13.7. The van der Waals surface area contributed by atoms with Gasteiger partial charge in [-0.25, -0.2) is 0 Å². The largest absolute Gasteiger partial charge is 0.508 e. The molecule has 19 heteroatoms. The van der Waals surface area contributed by atoms with E-state index >= 15 is 0 Å². The van der Waals surface area contributed by atoms with E-state index in [2.05, 4.69) is 0 Å². The number of aromatic hydroxyl groups is 3. The molecule has 286 valence electrons. The molecule has 1 aromatic heterocycles. The number of benzene rings is 2. The van der Waals surface area contributed by atoms with Gasteiger partial charge in [-0.2, -0.15) is 0 Å². The van der Waals surface area contributed by atoms with Crippen LogP contribution in [0.5, 0.6) is 23.0 Å². The van der Waals surface area contributed by atoms with Crippen molar-refractivity contribution in [3.63, 3.8) is 0 Å². The van der Waals surface area contributed by atoms with E-state index in [0.717, 1.165) is 12.1 Å². The fraction of sp³-hybridized carbons (Fsp3) is 0.545. The molecule has 3 saturated heterocycles. The molecular formula is C33H40O19. The van der Waals surface area contributed by atoms with Crippen LogP contribution in [0.3, 0.4) is 0 Å². The average Bonchev–Trinajstić information content (AvgIpc) is 3.10. The molecular weight excluding hydrogens is 700 g/mol. The van der Waals surface area contributed by atoms with Gasteiger partial charge in [-0.1, -0.05) is 0 Å². The minimum Gasteiger partial charge on any atom is -0.508 e. The third-order valence-electron chi connectivity index (χ3n) is 9.27. The first kappa shape index (κ1) is 38.1. The van der Waals surface area contributed by atoms with Crippen molar-refractivity contribution in [1.29, 1.82) is 0 Å². The first-order valence-corrected chi connectivity index (χ1v) is 16.2. The standard InChI is InChI=1S/C33H40O19/c1-10-19(38)22(41)24(43)31(46-10)51-29-20(39)11(2)47-33(26(29)45)50-28-17(9-34)49-32(25(44)23(28)42)52-30-21(40)18-15(37)7-14(36)8-16(18)48-27(30)12-3-5-13(35)6-4-12/h3-8,10-11,17,19-20,22-26,28-29,31-39,41-45H,9H2,1-2H3/t10-,11-,17-,19-,20+,22-,23+,24-,25-,26-,28+,29-,31+,32+,33+/m0/s1. The first-order chi connectivity index (χ1) is 24.6. The topological polar surface area (TPSA) is 308 Å². The van der Waals surface area contributed by atoms with Crippen LogP contribution in [-0.4, -0.2) is 155 Å². The van der Waals surface area contributed by atoms with Gasteiger partial charge < -0.3 is 89.0 Å². The summed E-state index contributed by atoms with van der Waals surface area (Å²) >= 11 is 0. The van der Waals surface area contributed by atoms with Gasteiger partial charge in [-0.15, -0.1) is 0 Å². The molecule has 2 aromatic carbocycles. The van der Waals surface area contributed by atoms with Gasteiger partial charge >= 0.3 is 0 Å². The number of phenols is 3. The molecule has 0 saturated carbocycles. The second-order valence-corrected chi connectivity index (χ2v) is 12.9. The predicted molar refractivity (Wildman–Crippen MR) is 170 cm³/mol. The highest BCUT2D eigenvalue weighted by Crippen LogP contribution is 2.38. The van der Waals surface area contributed by atoms with Crippen molar-refractivity contribution in [2.75, 3.05) is 6.61 Å². The average molecular weight is 741 g/mol. The number of hydrogen-bond acceptors (Lipinski definition) is 19. The number of aliphatic hydroxyl groups is 8. The second kappa shape index (κ2) is 15.0. The molecule has 0 unspecified atom stereocenters. The molecule has 15 atom stereocenters. The van der Waals surface area contributed by atoms with Gasteiger partial charge in [0.2, 0.25) is 17.5 Å². The van der Waals surface area contributed by atoms with Crippen molar-refractivity contribution in [2.45, 2.75) is 106 Å². The van der Waals surface area contributed by atoms with Crippen LogP contribution in [-0.2, 0) is 23.7 Å². The lowest BCUT2D eigenvalue weighted by atomic mass is 9.96. The summed E-state index contributed by atoms with van der Waals surface area (Å²) in [6, 6.07) is 7.23. The van der Waals surface area contributed by atoms with Crippen LogP contribution in [0.1, 0.15) is 13.8 Å². The zero-order valence-corrected chi connectivity index (χ0v) is 27.5. The van der Waals surface area contributed by atoms with Crippen LogP contribution in [0, 0.1) is 0 Å². The molecule has 0 spiro atoms. The van der Waals surface area contributed by atoms with Crippen LogP contribution in [0.25, 0.3) is 22.3 Å². The lowest BCUT2D eigenvalue weighted by molar-refractivity contribution is -0.373. The van der Waals surface area contributed by atoms with Gasteiger partial charge in [-0.3, -0.25) is 4.79 Å². The lowest BCUT2D eigenvalue weighted by Gasteiger charge is -2.47. The maximum absolute atomic E-state index is 13.7. The molecule has 0 aliphatic carbocycles. The molecule has 3 aromatic rings. The van der Waals surface area contributed by atoms with Crippen LogP contribution in [0.4, 0.5) is 0 Å². The molecule has 3 aliphatic rings. The number of ether oxygens (including phenoxy) is 6. The van der Waals surface area contributed by atoms with E-state index in [1.807, 2.05) is 0 Å². The van der Waals surface area contributed by atoms with Crippen molar-refractivity contribution >= 4 is 11.0 Å². The second-order valence-electron chi connectivity index (χ2n) is 12.9. The molecule has 19 nitrogen and oxygen atoms in total. The Balaban J connectivity index is 1.24. The molecule has 52 heavy (non-hydrogen) atoms. The Kier molecular flexibility index (Phi) is 11.0. The number of aliphatic hydroxyl groups excluding tert-OH is 8. The Morgan fingerprint density at radius 3 is 1.90 bits per heavy atom. The normalized spacial score (nSPS) is 38.3. The number of rotatable bonds is 8. The van der Waals surface area contributed by atoms with E-state index in [1.54, 1.807) is 0 Å². The molecule has 4 heterocycles. The summed E-state index contributed by atoms with van der Waals surface area (Å²) < 4.78 is 39.8. The maximum Gasteiger partial charge on any atom is 0.239 e. The van der Waals surface area contributed by atoms with Gasteiger partial charge in [0.05, 0.1) is 18.8 Å². The van der Waals surface area contributed by atoms with Gasteiger partial charge in [0.1, 0.15) is 89.3 Å². The number of fused-ring (bicyclic) bond motifs is 1. The summed E-state index contributed by atoms with van der Waals surface area (Å²) in [5, 5.41) is 115. The monoisotopic (exact) mass is 740 g/mol. The summed E-state index contributed by atoms with van der Waals surface area (Å²) in [5.41, 5.74) is -1.06. The molecule has 0 amide bonds. The molecule has 6 rings (SSSR count).